The molecule has 90 valence electrons. The van der Waals surface area contributed by atoms with Crippen LogP contribution in [0.15, 0.2) is 0 Å². The lowest BCUT2D eigenvalue weighted by Crippen LogP contribution is -2.42. The van der Waals surface area contributed by atoms with E-state index in [0.717, 1.165) is 0 Å². The van der Waals surface area contributed by atoms with Gasteiger partial charge in [-0.1, -0.05) is 20.8 Å². The quantitative estimate of drug-likeness (QED) is 0.773. The minimum atomic E-state index is 0.482. The molecule has 0 radical (unpaired) electrons. The third-order valence-corrected chi connectivity index (χ3v) is 3.63. The molecule has 1 rings (SSSR count). The van der Waals surface area contributed by atoms with Crippen molar-refractivity contribution in [3.8, 4) is 0 Å². The smallest absolute Gasteiger partial charge is 0.00509 e. The van der Waals surface area contributed by atoms with Crippen molar-refractivity contribution in [2.45, 2.75) is 53.0 Å². The van der Waals surface area contributed by atoms with Gasteiger partial charge in [0.25, 0.3) is 0 Å². The normalized spacial score (nSPS) is 26.0. The Morgan fingerprint density at radius 1 is 1.33 bits per heavy atom. The molecule has 2 nitrogen and oxygen atoms in total. The number of hydrogen-bond donors (Lipinski definition) is 1. The van der Waals surface area contributed by atoms with E-state index in [-0.39, 0.29) is 0 Å². The Balaban J connectivity index is 2.39. The van der Waals surface area contributed by atoms with Gasteiger partial charge in [-0.25, -0.2) is 0 Å². The van der Waals surface area contributed by atoms with E-state index in [1.807, 2.05) is 0 Å². The van der Waals surface area contributed by atoms with E-state index < -0.39 is 0 Å². The first kappa shape index (κ1) is 13.0. The van der Waals surface area contributed by atoms with Gasteiger partial charge in [0, 0.05) is 12.6 Å². The highest BCUT2D eigenvalue weighted by atomic mass is 15.1. The molecule has 0 amide bonds. The van der Waals surface area contributed by atoms with Gasteiger partial charge < -0.3 is 10.2 Å². The summed E-state index contributed by atoms with van der Waals surface area (Å²) in [5, 5.41) is 3.56. The molecule has 0 aliphatic carbocycles. The van der Waals surface area contributed by atoms with Crippen LogP contribution in [-0.4, -0.2) is 37.1 Å². The monoisotopic (exact) mass is 212 g/mol. The highest BCUT2D eigenvalue weighted by Gasteiger charge is 2.20. The minimum absolute atomic E-state index is 0.482. The summed E-state index contributed by atoms with van der Waals surface area (Å²) in [6.07, 6.45) is 3.86. The molecule has 15 heavy (non-hydrogen) atoms. The number of nitrogens with one attached hydrogen (secondary N) is 1. The van der Waals surface area contributed by atoms with E-state index in [0.29, 0.717) is 11.5 Å². The van der Waals surface area contributed by atoms with Gasteiger partial charge in [-0.3, -0.25) is 0 Å². The molecule has 0 aromatic carbocycles. The second-order valence-electron chi connectivity index (χ2n) is 5.79. The Labute approximate surface area is 95.4 Å². The van der Waals surface area contributed by atoms with Gasteiger partial charge in [-0.05, 0) is 51.2 Å². The van der Waals surface area contributed by atoms with E-state index in [9.17, 15) is 0 Å². The molecule has 1 aliphatic rings. The van der Waals surface area contributed by atoms with Crippen LogP contribution in [0.5, 0.6) is 0 Å². The lowest BCUT2D eigenvalue weighted by molar-refractivity contribution is 0.157. The molecular formula is C13H28N2. The minimum Gasteiger partial charge on any atom is -0.314 e. The van der Waals surface area contributed by atoms with Crippen LogP contribution in [0.4, 0.5) is 0 Å². The van der Waals surface area contributed by atoms with E-state index in [1.54, 1.807) is 0 Å². The van der Waals surface area contributed by atoms with Gasteiger partial charge in [0.1, 0.15) is 0 Å². The summed E-state index contributed by atoms with van der Waals surface area (Å²) >= 11 is 0. The van der Waals surface area contributed by atoms with Crippen LogP contribution in [0, 0.1) is 5.41 Å². The third-order valence-electron chi connectivity index (χ3n) is 3.63. The summed E-state index contributed by atoms with van der Waals surface area (Å²) in [5.41, 5.74) is 0.482. The first-order chi connectivity index (χ1) is 7.03. The second-order valence-corrected chi connectivity index (χ2v) is 5.79. The van der Waals surface area contributed by atoms with Gasteiger partial charge >= 0.3 is 0 Å². The highest BCUT2D eigenvalue weighted by Crippen LogP contribution is 2.21. The molecule has 0 aromatic rings. The standard InChI is InChI=1S/C13H28N2/c1-5-13(3,4)11-15-9-6-8-14-12(2)7-10-15/h12,14H,5-11H2,1-4H3. The fourth-order valence-corrected chi connectivity index (χ4v) is 2.12. The maximum atomic E-state index is 3.56. The summed E-state index contributed by atoms with van der Waals surface area (Å²) in [6.45, 7) is 14.3. The molecule has 0 spiro atoms. The van der Waals surface area contributed by atoms with Gasteiger partial charge in [0.2, 0.25) is 0 Å². The van der Waals surface area contributed by atoms with Crippen molar-refractivity contribution in [3.63, 3.8) is 0 Å². The molecular weight excluding hydrogens is 184 g/mol. The molecule has 1 heterocycles. The fraction of sp³-hybridized carbons (Fsp3) is 1.00. The van der Waals surface area contributed by atoms with Gasteiger partial charge in [-0.15, -0.1) is 0 Å². The maximum absolute atomic E-state index is 3.56. The van der Waals surface area contributed by atoms with Crippen LogP contribution in [0.1, 0.15) is 47.0 Å². The van der Waals surface area contributed by atoms with Crippen molar-refractivity contribution < 1.29 is 0 Å². The molecule has 2 heteroatoms. The van der Waals surface area contributed by atoms with E-state index in [1.165, 1.54) is 45.4 Å². The van der Waals surface area contributed by atoms with E-state index in [2.05, 4.69) is 37.9 Å². The number of nitrogens with zero attached hydrogens (tertiary/aromatic N) is 1. The zero-order valence-electron chi connectivity index (χ0n) is 11.0. The first-order valence-corrected chi connectivity index (χ1v) is 6.49. The molecule has 1 atom stereocenters. The summed E-state index contributed by atoms with van der Waals surface area (Å²) in [5.74, 6) is 0. The molecule has 0 saturated carbocycles. The van der Waals surface area contributed by atoms with Crippen molar-refractivity contribution in [2.24, 2.45) is 5.41 Å². The van der Waals surface area contributed by atoms with Crippen LogP contribution >= 0.6 is 0 Å². The fourth-order valence-electron chi connectivity index (χ4n) is 2.12. The molecule has 0 aromatic heterocycles. The average molecular weight is 212 g/mol. The van der Waals surface area contributed by atoms with Crippen molar-refractivity contribution in [2.75, 3.05) is 26.2 Å². The average Bonchev–Trinajstić information content (AvgIpc) is 2.17. The van der Waals surface area contributed by atoms with Crippen LogP contribution in [0.2, 0.25) is 0 Å². The summed E-state index contributed by atoms with van der Waals surface area (Å²) in [6, 6.07) is 0.692. The second kappa shape index (κ2) is 5.86. The molecule has 1 aliphatic heterocycles. The van der Waals surface area contributed by atoms with Crippen LogP contribution < -0.4 is 5.32 Å². The van der Waals surface area contributed by atoms with Crippen molar-refractivity contribution in [3.05, 3.63) is 0 Å². The van der Waals surface area contributed by atoms with Gasteiger partial charge in [-0.2, -0.15) is 0 Å². The predicted octanol–water partition coefficient (Wildman–Crippen LogP) is 2.50. The molecule has 0 bridgehead atoms. The van der Waals surface area contributed by atoms with Crippen LogP contribution in [-0.2, 0) is 0 Å². The molecule has 1 N–H and O–H groups in total. The predicted molar refractivity (Wildman–Crippen MR) is 67.2 cm³/mol. The summed E-state index contributed by atoms with van der Waals surface area (Å²) in [4.78, 5) is 2.65. The lowest BCUT2D eigenvalue weighted by atomic mass is 9.89. The maximum Gasteiger partial charge on any atom is 0.00509 e. The lowest BCUT2D eigenvalue weighted by Gasteiger charge is -2.34. The first-order valence-electron chi connectivity index (χ1n) is 6.49. The molecule has 1 saturated heterocycles. The van der Waals surface area contributed by atoms with E-state index in [4.69, 9.17) is 0 Å². The summed E-state index contributed by atoms with van der Waals surface area (Å²) < 4.78 is 0. The summed E-state index contributed by atoms with van der Waals surface area (Å²) in [7, 11) is 0. The van der Waals surface area contributed by atoms with Crippen LogP contribution in [0.3, 0.4) is 0 Å². The Bertz CT molecular complexity index is 177. The zero-order chi connectivity index (χ0) is 11.3. The topological polar surface area (TPSA) is 15.3 Å². The molecule has 1 fully saturated rings. The number of hydrogen-bond acceptors (Lipinski definition) is 2. The van der Waals surface area contributed by atoms with E-state index >= 15 is 0 Å². The zero-order valence-corrected chi connectivity index (χ0v) is 11.0. The highest BCUT2D eigenvalue weighted by molar-refractivity contribution is 4.76. The van der Waals surface area contributed by atoms with Crippen molar-refractivity contribution in [1.82, 2.24) is 10.2 Å². The van der Waals surface area contributed by atoms with Crippen molar-refractivity contribution >= 4 is 0 Å². The van der Waals surface area contributed by atoms with Crippen molar-refractivity contribution in [1.29, 1.82) is 0 Å². The largest absolute Gasteiger partial charge is 0.314 e. The third kappa shape index (κ3) is 4.98. The Kier molecular flexibility index (Phi) is 5.07. The number of rotatable bonds is 3. The Morgan fingerprint density at radius 2 is 2.07 bits per heavy atom. The Hall–Kier alpha value is -0.0800. The SMILES string of the molecule is CCC(C)(C)CN1CCCNC(C)CC1. The van der Waals surface area contributed by atoms with Gasteiger partial charge in [0.15, 0.2) is 0 Å². The molecule has 1 unspecified atom stereocenters. The van der Waals surface area contributed by atoms with Crippen LogP contribution in [0.25, 0.3) is 0 Å². The Morgan fingerprint density at radius 3 is 2.73 bits per heavy atom. The van der Waals surface area contributed by atoms with Gasteiger partial charge in [0.05, 0.1) is 0 Å².